The number of ketones is 1. The van der Waals surface area contributed by atoms with Gasteiger partial charge in [-0.3, -0.25) is 4.79 Å². The molecule has 3 aromatic rings. The molecule has 1 aromatic heterocycles. The van der Waals surface area contributed by atoms with Gasteiger partial charge in [-0.1, -0.05) is 18.2 Å². The van der Waals surface area contributed by atoms with Crippen molar-refractivity contribution in [3.8, 4) is 5.75 Å². The number of benzene rings is 2. The number of sulfonamides is 1. The molecule has 0 unspecified atom stereocenters. The lowest BCUT2D eigenvalue weighted by Crippen LogP contribution is -2.38. The largest absolute Gasteiger partial charge is 0.491 e. The van der Waals surface area contributed by atoms with Crippen molar-refractivity contribution in [1.82, 2.24) is 8.87 Å². The number of aromatic nitrogens is 1. The number of hydrogen-bond acceptors (Lipinski definition) is 5. The standard InChI is InChI=1S/C29H38N2O5S/c1-21(2)36-25-10-12-26(13-11-25)37(33,34)30-16-14-23(15-17-30)31-19-22(27-8-6-7-9-28(27)31)18-24(32)20-35-29(3,4)5/h6-13,19,21,23H,14-18,20H2,1-5H3. The maximum Gasteiger partial charge on any atom is 0.243 e. The van der Waals surface area contributed by atoms with Crippen LogP contribution in [0.1, 0.15) is 59.1 Å². The zero-order chi connectivity index (χ0) is 26.8. The van der Waals surface area contributed by atoms with Gasteiger partial charge < -0.3 is 14.0 Å². The minimum absolute atomic E-state index is 0.0294. The summed E-state index contributed by atoms with van der Waals surface area (Å²) in [5, 5.41) is 1.06. The first-order valence-electron chi connectivity index (χ1n) is 12.9. The van der Waals surface area contributed by atoms with Crippen LogP contribution in [0.2, 0.25) is 0 Å². The van der Waals surface area contributed by atoms with E-state index in [0.717, 1.165) is 16.5 Å². The molecule has 0 aliphatic carbocycles. The zero-order valence-electron chi connectivity index (χ0n) is 22.4. The van der Waals surface area contributed by atoms with Gasteiger partial charge in [0.05, 0.1) is 16.6 Å². The number of Topliss-reactive ketones (excluding diaryl/α,β-unsaturated/α-hetero) is 1. The highest BCUT2D eigenvalue weighted by atomic mass is 32.2. The number of hydrogen-bond donors (Lipinski definition) is 0. The van der Waals surface area contributed by atoms with E-state index in [9.17, 15) is 13.2 Å². The lowest BCUT2D eigenvalue weighted by atomic mass is 10.1. The van der Waals surface area contributed by atoms with Crippen molar-refractivity contribution in [2.45, 2.75) is 76.5 Å². The Morgan fingerprint density at radius 3 is 2.30 bits per heavy atom. The summed E-state index contributed by atoms with van der Waals surface area (Å²) in [4.78, 5) is 12.9. The minimum atomic E-state index is -3.57. The Morgan fingerprint density at radius 1 is 1.03 bits per heavy atom. The lowest BCUT2D eigenvalue weighted by Gasteiger charge is -2.32. The van der Waals surface area contributed by atoms with Gasteiger partial charge in [0.25, 0.3) is 0 Å². The van der Waals surface area contributed by atoms with E-state index in [4.69, 9.17) is 9.47 Å². The van der Waals surface area contributed by atoms with Crippen molar-refractivity contribution in [1.29, 1.82) is 0 Å². The summed E-state index contributed by atoms with van der Waals surface area (Å²) in [6, 6.07) is 14.9. The summed E-state index contributed by atoms with van der Waals surface area (Å²) in [5.41, 5.74) is 1.70. The Bertz CT molecular complexity index is 1330. The normalized spacial score (nSPS) is 15.9. The molecule has 7 nitrogen and oxygen atoms in total. The average molecular weight is 527 g/mol. The van der Waals surface area contributed by atoms with E-state index in [2.05, 4.69) is 16.8 Å². The van der Waals surface area contributed by atoms with Gasteiger partial charge in [-0.05, 0) is 83.4 Å². The van der Waals surface area contributed by atoms with E-state index >= 15 is 0 Å². The number of rotatable bonds is 9. The molecule has 0 N–H and O–H groups in total. The van der Waals surface area contributed by atoms with Gasteiger partial charge >= 0.3 is 0 Å². The number of nitrogens with zero attached hydrogens (tertiary/aromatic N) is 2. The van der Waals surface area contributed by atoms with Crippen LogP contribution in [-0.4, -0.2) is 54.5 Å². The van der Waals surface area contributed by atoms with E-state index < -0.39 is 10.0 Å². The predicted molar refractivity (Wildman–Crippen MR) is 146 cm³/mol. The van der Waals surface area contributed by atoms with Crippen LogP contribution in [0.3, 0.4) is 0 Å². The van der Waals surface area contributed by atoms with Gasteiger partial charge in [0.1, 0.15) is 12.4 Å². The molecule has 0 saturated carbocycles. The van der Waals surface area contributed by atoms with Crippen molar-refractivity contribution < 1.29 is 22.7 Å². The molecule has 0 radical (unpaired) electrons. The van der Waals surface area contributed by atoms with Crippen LogP contribution >= 0.6 is 0 Å². The Morgan fingerprint density at radius 2 is 1.68 bits per heavy atom. The summed E-state index contributed by atoms with van der Waals surface area (Å²) >= 11 is 0. The molecule has 2 heterocycles. The summed E-state index contributed by atoms with van der Waals surface area (Å²) in [7, 11) is -3.57. The minimum Gasteiger partial charge on any atom is -0.491 e. The van der Waals surface area contributed by atoms with E-state index in [1.165, 1.54) is 0 Å². The second-order valence-corrected chi connectivity index (χ2v) is 12.9. The summed E-state index contributed by atoms with van der Waals surface area (Å²) in [6.07, 6.45) is 3.82. The van der Waals surface area contributed by atoms with E-state index in [0.29, 0.717) is 38.1 Å². The van der Waals surface area contributed by atoms with Crippen LogP contribution in [0, 0.1) is 0 Å². The number of carbonyl (C=O) groups excluding carboxylic acids is 1. The molecule has 0 amide bonds. The number of piperidine rings is 1. The topological polar surface area (TPSA) is 77.8 Å². The van der Waals surface area contributed by atoms with Crippen molar-refractivity contribution in [2.24, 2.45) is 0 Å². The van der Waals surface area contributed by atoms with Gasteiger partial charge in [0.2, 0.25) is 10.0 Å². The molecule has 200 valence electrons. The third-order valence-electron chi connectivity index (χ3n) is 6.53. The molecule has 2 aromatic carbocycles. The third kappa shape index (κ3) is 6.61. The smallest absolute Gasteiger partial charge is 0.243 e. The summed E-state index contributed by atoms with van der Waals surface area (Å²) < 4.78 is 41.6. The molecule has 1 aliphatic rings. The van der Waals surface area contributed by atoms with Gasteiger partial charge in [0.15, 0.2) is 5.78 Å². The Labute approximate surface area is 220 Å². The van der Waals surface area contributed by atoms with Gasteiger partial charge in [-0.2, -0.15) is 4.31 Å². The van der Waals surface area contributed by atoms with Crippen LogP contribution in [0.4, 0.5) is 0 Å². The fraction of sp³-hybridized carbons (Fsp3) is 0.483. The first-order valence-corrected chi connectivity index (χ1v) is 14.4. The monoisotopic (exact) mass is 526 g/mol. The third-order valence-corrected chi connectivity index (χ3v) is 8.44. The molecule has 8 heteroatoms. The average Bonchev–Trinajstić information content (AvgIpc) is 3.21. The van der Waals surface area contributed by atoms with Crippen LogP contribution in [0.5, 0.6) is 5.75 Å². The molecular formula is C29H38N2O5S. The van der Waals surface area contributed by atoms with Crippen LogP contribution in [-0.2, 0) is 26.0 Å². The highest BCUT2D eigenvalue weighted by Gasteiger charge is 2.31. The summed E-state index contributed by atoms with van der Waals surface area (Å²) in [6.45, 7) is 10.7. The second kappa shape index (κ2) is 11.0. The van der Waals surface area contributed by atoms with E-state index in [-0.39, 0.29) is 35.0 Å². The SMILES string of the molecule is CC(C)Oc1ccc(S(=O)(=O)N2CCC(n3cc(CC(=O)COC(C)(C)C)c4ccccc43)CC2)cc1. The molecule has 0 bridgehead atoms. The van der Waals surface area contributed by atoms with Crippen LogP contribution in [0.15, 0.2) is 59.6 Å². The van der Waals surface area contributed by atoms with Crippen LogP contribution < -0.4 is 4.74 Å². The van der Waals surface area contributed by atoms with Crippen molar-refractivity contribution in [2.75, 3.05) is 19.7 Å². The molecule has 0 spiro atoms. The highest BCUT2D eigenvalue weighted by Crippen LogP contribution is 2.32. The predicted octanol–water partition coefficient (Wildman–Crippen LogP) is 5.38. The molecule has 4 rings (SSSR count). The number of ether oxygens (including phenoxy) is 2. The fourth-order valence-electron chi connectivity index (χ4n) is 4.75. The number of para-hydroxylation sites is 1. The fourth-order valence-corrected chi connectivity index (χ4v) is 6.22. The van der Waals surface area contributed by atoms with Gasteiger partial charge in [-0.25, -0.2) is 8.42 Å². The number of carbonyl (C=O) groups is 1. The highest BCUT2D eigenvalue weighted by molar-refractivity contribution is 7.89. The van der Waals surface area contributed by atoms with Gasteiger partial charge in [0, 0.05) is 42.7 Å². The second-order valence-electron chi connectivity index (χ2n) is 11.0. The first-order chi connectivity index (χ1) is 17.4. The first kappa shape index (κ1) is 27.4. The molecule has 0 atom stereocenters. The zero-order valence-corrected chi connectivity index (χ0v) is 23.3. The van der Waals surface area contributed by atoms with E-state index in [1.807, 2.05) is 52.8 Å². The quantitative estimate of drug-likeness (QED) is 0.374. The Balaban J connectivity index is 1.46. The Kier molecular flexibility index (Phi) is 8.11. The molecule has 37 heavy (non-hydrogen) atoms. The van der Waals surface area contributed by atoms with Crippen LogP contribution in [0.25, 0.3) is 10.9 Å². The van der Waals surface area contributed by atoms with Crippen molar-refractivity contribution >= 4 is 26.7 Å². The number of fused-ring (bicyclic) bond motifs is 1. The molecular weight excluding hydrogens is 488 g/mol. The molecule has 1 aliphatic heterocycles. The van der Waals surface area contributed by atoms with Crippen molar-refractivity contribution in [3.63, 3.8) is 0 Å². The summed E-state index contributed by atoms with van der Waals surface area (Å²) in [5.74, 6) is 0.704. The maximum atomic E-state index is 13.3. The van der Waals surface area contributed by atoms with Crippen molar-refractivity contribution in [3.05, 3.63) is 60.3 Å². The van der Waals surface area contributed by atoms with Gasteiger partial charge in [-0.15, -0.1) is 0 Å². The Hall–Kier alpha value is -2.68. The molecule has 1 fully saturated rings. The van der Waals surface area contributed by atoms with E-state index in [1.54, 1.807) is 28.6 Å². The maximum absolute atomic E-state index is 13.3. The molecule has 1 saturated heterocycles. The lowest BCUT2D eigenvalue weighted by molar-refractivity contribution is -0.127.